The predicted molar refractivity (Wildman–Crippen MR) is 135 cm³/mol. The molecule has 2 amide bonds. The van der Waals surface area contributed by atoms with Crippen molar-refractivity contribution in [3.63, 3.8) is 0 Å². The molecule has 1 aliphatic rings. The summed E-state index contributed by atoms with van der Waals surface area (Å²) in [4.78, 5) is 28.5. The standard InChI is InChI=1S/C27H28N4O4/c1-34-25-10-6-5-9-24(25)30-15-17-31(18-16-30)27(33)26(32)29-28-19-21-11-13-23(14-12-21)35-20-22-7-3-2-4-8-22/h2-14,19H,15-18,20H2,1H3,(H,29,32)/b28-19+. The van der Waals surface area contributed by atoms with Crippen molar-refractivity contribution in [1.29, 1.82) is 0 Å². The molecule has 0 aliphatic carbocycles. The van der Waals surface area contributed by atoms with Gasteiger partial charge in [0.15, 0.2) is 0 Å². The first kappa shape index (κ1) is 23.8. The topological polar surface area (TPSA) is 83.5 Å². The summed E-state index contributed by atoms with van der Waals surface area (Å²) < 4.78 is 11.2. The molecular formula is C27H28N4O4. The van der Waals surface area contributed by atoms with Gasteiger partial charge in [-0.05, 0) is 47.5 Å². The fraction of sp³-hybridized carbons (Fsp3) is 0.222. The minimum atomic E-state index is -0.755. The smallest absolute Gasteiger partial charge is 0.329 e. The number of para-hydroxylation sites is 2. The molecule has 0 unspecified atom stereocenters. The van der Waals surface area contributed by atoms with Crippen LogP contribution >= 0.6 is 0 Å². The number of carbonyl (C=O) groups excluding carboxylic acids is 2. The third-order valence-corrected chi connectivity index (χ3v) is 5.70. The summed E-state index contributed by atoms with van der Waals surface area (Å²) in [5.74, 6) is 0.175. The SMILES string of the molecule is COc1ccccc1N1CCN(C(=O)C(=O)N/N=C/c2ccc(OCc3ccccc3)cc2)CC1. The second kappa shape index (κ2) is 11.7. The van der Waals surface area contributed by atoms with Crippen LogP contribution < -0.4 is 19.8 Å². The summed E-state index contributed by atoms with van der Waals surface area (Å²) in [7, 11) is 1.64. The van der Waals surface area contributed by atoms with Crippen LogP contribution in [0.5, 0.6) is 11.5 Å². The van der Waals surface area contributed by atoms with Gasteiger partial charge in [-0.25, -0.2) is 5.43 Å². The van der Waals surface area contributed by atoms with Gasteiger partial charge in [-0.15, -0.1) is 0 Å². The second-order valence-electron chi connectivity index (χ2n) is 7.99. The molecule has 0 atom stereocenters. The number of nitrogens with one attached hydrogen (secondary N) is 1. The van der Waals surface area contributed by atoms with Gasteiger partial charge >= 0.3 is 11.8 Å². The fourth-order valence-corrected chi connectivity index (χ4v) is 3.79. The van der Waals surface area contributed by atoms with Gasteiger partial charge in [-0.3, -0.25) is 9.59 Å². The average molecular weight is 473 g/mol. The Bertz CT molecular complexity index is 1160. The number of methoxy groups -OCH3 is 1. The number of anilines is 1. The van der Waals surface area contributed by atoms with Gasteiger partial charge in [0.1, 0.15) is 18.1 Å². The Kier molecular flexibility index (Phi) is 7.96. The van der Waals surface area contributed by atoms with Crippen LogP contribution in [0, 0.1) is 0 Å². The molecule has 180 valence electrons. The molecule has 0 bridgehead atoms. The largest absolute Gasteiger partial charge is 0.495 e. The molecule has 0 saturated carbocycles. The number of carbonyl (C=O) groups is 2. The molecule has 1 N–H and O–H groups in total. The van der Waals surface area contributed by atoms with E-state index in [4.69, 9.17) is 9.47 Å². The van der Waals surface area contributed by atoms with Crippen molar-refractivity contribution in [2.45, 2.75) is 6.61 Å². The Morgan fingerprint density at radius 2 is 1.60 bits per heavy atom. The van der Waals surface area contributed by atoms with Crippen LogP contribution in [0.1, 0.15) is 11.1 Å². The van der Waals surface area contributed by atoms with E-state index in [0.717, 1.165) is 28.3 Å². The van der Waals surface area contributed by atoms with Gasteiger partial charge in [0.25, 0.3) is 0 Å². The molecule has 0 radical (unpaired) electrons. The van der Waals surface area contributed by atoms with Gasteiger partial charge < -0.3 is 19.3 Å². The highest BCUT2D eigenvalue weighted by atomic mass is 16.5. The molecule has 4 rings (SSSR count). The quantitative estimate of drug-likeness (QED) is 0.325. The zero-order valence-corrected chi connectivity index (χ0v) is 19.6. The molecule has 8 heteroatoms. The lowest BCUT2D eigenvalue weighted by atomic mass is 10.2. The molecule has 1 fully saturated rings. The van der Waals surface area contributed by atoms with Crippen LogP contribution in [0.2, 0.25) is 0 Å². The highest BCUT2D eigenvalue weighted by Gasteiger charge is 2.26. The van der Waals surface area contributed by atoms with Gasteiger partial charge in [0.2, 0.25) is 0 Å². The van der Waals surface area contributed by atoms with Gasteiger partial charge in [0, 0.05) is 26.2 Å². The third-order valence-electron chi connectivity index (χ3n) is 5.70. The number of ether oxygens (including phenoxy) is 2. The molecule has 0 aromatic heterocycles. The molecule has 1 heterocycles. The number of piperazine rings is 1. The predicted octanol–water partition coefficient (Wildman–Crippen LogP) is 3.07. The van der Waals surface area contributed by atoms with Crippen LogP contribution in [0.25, 0.3) is 0 Å². The van der Waals surface area contributed by atoms with Crippen LogP contribution in [0.15, 0.2) is 84.0 Å². The van der Waals surface area contributed by atoms with Crippen LogP contribution in [-0.2, 0) is 16.2 Å². The maximum absolute atomic E-state index is 12.5. The second-order valence-corrected chi connectivity index (χ2v) is 7.99. The lowest BCUT2D eigenvalue weighted by Crippen LogP contribution is -2.52. The van der Waals surface area contributed by atoms with E-state index in [0.29, 0.717) is 32.8 Å². The van der Waals surface area contributed by atoms with Crippen molar-refractivity contribution in [3.8, 4) is 11.5 Å². The molecule has 1 aliphatic heterocycles. The molecule has 8 nitrogen and oxygen atoms in total. The van der Waals surface area contributed by atoms with E-state index in [1.165, 1.54) is 11.1 Å². The maximum Gasteiger partial charge on any atom is 0.329 e. The van der Waals surface area contributed by atoms with E-state index < -0.39 is 11.8 Å². The molecule has 3 aromatic rings. The van der Waals surface area contributed by atoms with Gasteiger partial charge in [-0.1, -0.05) is 42.5 Å². The number of hydrogen-bond donors (Lipinski definition) is 1. The average Bonchev–Trinajstić information content (AvgIpc) is 2.92. The van der Waals surface area contributed by atoms with Crippen molar-refractivity contribution >= 4 is 23.7 Å². The fourth-order valence-electron chi connectivity index (χ4n) is 3.79. The van der Waals surface area contributed by atoms with Gasteiger partial charge in [-0.2, -0.15) is 5.10 Å². The summed E-state index contributed by atoms with van der Waals surface area (Å²) in [6, 6.07) is 25.0. The summed E-state index contributed by atoms with van der Waals surface area (Å²) in [6.07, 6.45) is 1.49. The van der Waals surface area contributed by atoms with Crippen LogP contribution in [0.3, 0.4) is 0 Å². The van der Waals surface area contributed by atoms with Crippen molar-refractivity contribution in [1.82, 2.24) is 10.3 Å². The Morgan fingerprint density at radius 3 is 2.31 bits per heavy atom. The van der Waals surface area contributed by atoms with E-state index in [9.17, 15) is 9.59 Å². The maximum atomic E-state index is 12.5. The molecular weight excluding hydrogens is 444 g/mol. The normalized spacial score (nSPS) is 13.5. The number of hydrazone groups is 1. The van der Waals surface area contributed by atoms with Crippen molar-refractivity contribution in [2.75, 3.05) is 38.2 Å². The van der Waals surface area contributed by atoms with Gasteiger partial charge in [0.05, 0.1) is 19.0 Å². The van der Waals surface area contributed by atoms with Crippen LogP contribution in [0.4, 0.5) is 5.69 Å². The molecule has 35 heavy (non-hydrogen) atoms. The minimum absolute atomic E-state index is 0.443. The summed E-state index contributed by atoms with van der Waals surface area (Å²) >= 11 is 0. The molecule has 1 saturated heterocycles. The monoisotopic (exact) mass is 472 g/mol. The van der Waals surface area contributed by atoms with E-state index in [1.54, 1.807) is 7.11 Å². The summed E-state index contributed by atoms with van der Waals surface area (Å²) in [6.45, 7) is 2.60. The Labute approximate surface area is 204 Å². The van der Waals surface area contributed by atoms with Crippen molar-refractivity contribution in [2.24, 2.45) is 5.10 Å². The number of hydrogen-bond acceptors (Lipinski definition) is 6. The minimum Gasteiger partial charge on any atom is -0.495 e. The number of rotatable bonds is 7. The highest BCUT2D eigenvalue weighted by Crippen LogP contribution is 2.28. The summed E-state index contributed by atoms with van der Waals surface area (Å²) in [5, 5.41) is 3.93. The van der Waals surface area contributed by atoms with E-state index in [2.05, 4.69) is 15.4 Å². The zero-order chi connectivity index (χ0) is 24.5. The van der Waals surface area contributed by atoms with Crippen LogP contribution in [-0.4, -0.2) is 56.2 Å². The summed E-state index contributed by atoms with van der Waals surface area (Å²) in [5.41, 5.74) is 5.17. The first-order valence-electron chi connectivity index (χ1n) is 11.4. The van der Waals surface area contributed by atoms with Crippen molar-refractivity contribution in [3.05, 3.63) is 90.0 Å². The Balaban J connectivity index is 1.22. The first-order valence-corrected chi connectivity index (χ1v) is 11.4. The first-order chi connectivity index (χ1) is 17.1. The third kappa shape index (κ3) is 6.38. The molecule has 3 aromatic carbocycles. The lowest BCUT2D eigenvalue weighted by molar-refractivity contribution is -0.146. The number of amides is 2. The zero-order valence-electron chi connectivity index (χ0n) is 19.6. The van der Waals surface area contributed by atoms with E-state index >= 15 is 0 Å². The van der Waals surface area contributed by atoms with Crippen molar-refractivity contribution < 1.29 is 19.1 Å². The van der Waals surface area contributed by atoms with E-state index in [-0.39, 0.29) is 0 Å². The highest BCUT2D eigenvalue weighted by molar-refractivity contribution is 6.35. The Morgan fingerprint density at radius 1 is 0.914 bits per heavy atom. The Hall–Kier alpha value is -4.33. The molecule has 0 spiro atoms. The van der Waals surface area contributed by atoms with E-state index in [1.807, 2.05) is 78.9 Å². The number of benzene rings is 3. The lowest BCUT2D eigenvalue weighted by Gasteiger charge is -2.36. The number of nitrogens with zero attached hydrogens (tertiary/aromatic N) is 3.